The van der Waals surface area contributed by atoms with E-state index in [0.717, 1.165) is 38.5 Å². The molecule has 10 heteroatoms. The first-order valence-electron chi connectivity index (χ1n) is 13.1. The van der Waals surface area contributed by atoms with Crippen LogP contribution in [-0.2, 0) is 28.6 Å². The van der Waals surface area contributed by atoms with Crippen LogP contribution in [0.5, 0.6) is 0 Å². The Morgan fingerprint density at radius 1 is 0.857 bits per heavy atom. The predicted octanol–water partition coefficient (Wildman–Crippen LogP) is 6.98. The highest BCUT2D eigenvalue weighted by molar-refractivity contribution is 7.87. The summed E-state index contributed by atoms with van der Waals surface area (Å²) in [5.41, 5.74) is -5.45. The van der Waals surface area contributed by atoms with E-state index in [4.69, 9.17) is 9.47 Å². The molecule has 1 saturated heterocycles. The zero-order chi connectivity index (χ0) is 26.0. The zero-order valence-electron chi connectivity index (χ0n) is 21.0. The highest BCUT2D eigenvalue weighted by Gasteiger charge is 2.47. The second-order valence-corrected chi connectivity index (χ2v) is 10.8. The first kappa shape index (κ1) is 31.9. The minimum absolute atomic E-state index is 0.00638. The van der Waals surface area contributed by atoms with E-state index in [-0.39, 0.29) is 12.6 Å². The second kappa shape index (κ2) is 18.2. The van der Waals surface area contributed by atoms with Crippen LogP contribution in [0.15, 0.2) is 12.2 Å². The van der Waals surface area contributed by atoms with E-state index in [0.29, 0.717) is 19.3 Å². The Kier molecular flexibility index (Phi) is 16.6. The first-order valence-corrected chi connectivity index (χ1v) is 14.5. The third-order valence-electron chi connectivity index (χ3n) is 5.96. The Morgan fingerprint density at radius 3 is 1.94 bits per heavy atom. The molecule has 0 saturated carbocycles. The minimum atomic E-state index is -5.63. The Labute approximate surface area is 209 Å². The van der Waals surface area contributed by atoms with Crippen molar-refractivity contribution in [1.29, 1.82) is 0 Å². The van der Waals surface area contributed by atoms with Crippen molar-refractivity contribution in [2.45, 2.75) is 127 Å². The number of carbonyl (C=O) groups is 1. The van der Waals surface area contributed by atoms with Gasteiger partial charge in [0.1, 0.15) is 6.61 Å². The van der Waals surface area contributed by atoms with E-state index < -0.39 is 34.4 Å². The molecule has 1 rings (SSSR count). The first-order chi connectivity index (χ1) is 16.7. The fourth-order valence-corrected chi connectivity index (χ4v) is 4.32. The molecule has 0 aromatic rings. The SMILES string of the molecule is CCCCCCCC/C=C\CCCCCCCC(=O)OC[C@@H]1CC[C@H](COS(=O)(=O)C(F)(F)F)O1. The van der Waals surface area contributed by atoms with Crippen molar-refractivity contribution in [3.05, 3.63) is 12.2 Å². The molecule has 1 aliphatic rings. The Balaban J connectivity index is 1.95. The Morgan fingerprint density at radius 2 is 1.37 bits per heavy atom. The van der Waals surface area contributed by atoms with Crippen molar-refractivity contribution in [2.75, 3.05) is 13.2 Å². The molecule has 1 aliphatic heterocycles. The summed E-state index contributed by atoms with van der Waals surface area (Å²) in [6.45, 7) is 1.53. The summed E-state index contributed by atoms with van der Waals surface area (Å²) in [4.78, 5) is 11.9. The molecule has 6 nitrogen and oxygen atoms in total. The molecule has 0 aliphatic carbocycles. The van der Waals surface area contributed by atoms with E-state index in [1.54, 1.807) is 0 Å². The summed E-state index contributed by atoms with van der Waals surface area (Å²) >= 11 is 0. The van der Waals surface area contributed by atoms with Gasteiger partial charge in [-0.05, 0) is 44.9 Å². The zero-order valence-corrected chi connectivity index (χ0v) is 21.8. The third kappa shape index (κ3) is 15.6. The average Bonchev–Trinajstić information content (AvgIpc) is 3.26. The molecule has 1 heterocycles. The van der Waals surface area contributed by atoms with Crippen molar-refractivity contribution in [3.8, 4) is 0 Å². The monoisotopic (exact) mass is 528 g/mol. The average molecular weight is 529 g/mol. The lowest BCUT2D eigenvalue weighted by Gasteiger charge is -2.15. The Bertz CT molecular complexity index is 694. The summed E-state index contributed by atoms with van der Waals surface area (Å²) in [6.07, 6.45) is 19.8. The number of hydrogen-bond donors (Lipinski definition) is 0. The van der Waals surface area contributed by atoms with Gasteiger partial charge in [-0.3, -0.25) is 8.98 Å². The van der Waals surface area contributed by atoms with Crippen molar-refractivity contribution < 1.29 is 40.0 Å². The number of halogens is 3. The number of hydrogen-bond acceptors (Lipinski definition) is 6. The van der Waals surface area contributed by atoms with Gasteiger partial charge in [0.05, 0.1) is 18.8 Å². The minimum Gasteiger partial charge on any atom is -0.463 e. The van der Waals surface area contributed by atoms with Gasteiger partial charge in [0, 0.05) is 6.42 Å². The fraction of sp³-hybridized carbons (Fsp3) is 0.880. The number of esters is 1. The number of alkyl halides is 3. The van der Waals surface area contributed by atoms with Gasteiger partial charge in [-0.15, -0.1) is 0 Å². The van der Waals surface area contributed by atoms with E-state index in [1.165, 1.54) is 44.9 Å². The van der Waals surface area contributed by atoms with Crippen LogP contribution in [0.25, 0.3) is 0 Å². The van der Waals surface area contributed by atoms with Crippen LogP contribution in [-0.4, -0.2) is 45.3 Å². The van der Waals surface area contributed by atoms with E-state index in [1.807, 2.05) is 0 Å². The quantitative estimate of drug-likeness (QED) is 0.0558. The molecular formula is C25H43F3O6S. The highest BCUT2D eigenvalue weighted by Crippen LogP contribution is 2.27. The lowest BCUT2D eigenvalue weighted by Crippen LogP contribution is -2.29. The lowest BCUT2D eigenvalue weighted by atomic mass is 10.1. The van der Waals surface area contributed by atoms with Gasteiger partial charge in [-0.1, -0.05) is 70.4 Å². The van der Waals surface area contributed by atoms with Crippen LogP contribution in [0, 0.1) is 0 Å². The molecule has 0 bridgehead atoms. The molecule has 0 amide bonds. The summed E-state index contributed by atoms with van der Waals surface area (Å²) in [6, 6.07) is 0. The number of carbonyl (C=O) groups excluding carboxylic acids is 1. The van der Waals surface area contributed by atoms with Crippen molar-refractivity contribution >= 4 is 16.1 Å². The van der Waals surface area contributed by atoms with Gasteiger partial charge in [0.2, 0.25) is 0 Å². The van der Waals surface area contributed by atoms with Crippen molar-refractivity contribution in [3.63, 3.8) is 0 Å². The molecule has 35 heavy (non-hydrogen) atoms. The molecule has 0 unspecified atom stereocenters. The molecule has 2 atom stereocenters. The molecule has 0 spiro atoms. The fourth-order valence-electron chi connectivity index (χ4n) is 3.86. The van der Waals surface area contributed by atoms with Gasteiger partial charge < -0.3 is 9.47 Å². The standard InChI is InChI=1S/C25H43F3O6S/c1-2-3-4-5-6-7-8-9-10-11-12-13-14-15-16-17-24(29)32-20-22-18-19-23(34-22)21-33-35(30,31)25(26,27)28/h9-10,22-23H,2-8,11-21H2,1H3/b10-9-/t22-,23+/m0/s1. The van der Waals surface area contributed by atoms with Crippen LogP contribution < -0.4 is 0 Å². The van der Waals surface area contributed by atoms with Gasteiger partial charge in [-0.25, -0.2) is 0 Å². The largest absolute Gasteiger partial charge is 0.523 e. The summed E-state index contributed by atoms with van der Waals surface area (Å²) in [5.74, 6) is -0.328. The second-order valence-electron chi connectivity index (χ2n) is 9.16. The van der Waals surface area contributed by atoms with Crippen LogP contribution in [0.1, 0.15) is 110 Å². The van der Waals surface area contributed by atoms with Crippen molar-refractivity contribution in [1.82, 2.24) is 0 Å². The summed E-state index contributed by atoms with van der Waals surface area (Å²) in [7, 11) is -5.63. The smallest absolute Gasteiger partial charge is 0.463 e. The molecule has 0 aromatic heterocycles. The molecule has 0 N–H and O–H groups in total. The number of allylic oxidation sites excluding steroid dienone is 2. The maximum atomic E-state index is 12.3. The maximum Gasteiger partial charge on any atom is 0.523 e. The van der Waals surface area contributed by atoms with Crippen LogP contribution >= 0.6 is 0 Å². The van der Waals surface area contributed by atoms with Gasteiger partial charge >= 0.3 is 21.6 Å². The van der Waals surface area contributed by atoms with Crippen LogP contribution in [0.3, 0.4) is 0 Å². The van der Waals surface area contributed by atoms with E-state index in [2.05, 4.69) is 23.3 Å². The molecule has 1 fully saturated rings. The van der Waals surface area contributed by atoms with Crippen molar-refractivity contribution in [2.24, 2.45) is 0 Å². The maximum absolute atomic E-state index is 12.3. The van der Waals surface area contributed by atoms with Crippen LogP contribution in [0.4, 0.5) is 13.2 Å². The van der Waals surface area contributed by atoms with Gasteiger partial charge in [-0.2, -0.15) is 21.6 Å². The Hall–Kier alpha value is -1.13. The van der Waals surface area contributed by atoms with Crippen LogP contribution in [0.2, 0.25) is 0 Å². The molecule has 206 valence electrons. The molecular weight excluding hydrogens is 485 g/mol. The molecule has 0 aromatic carbocycles. The lowest BCUT2D eigenvalue weighted by molar-refractivity contribution is -0.148. The number of unbranched alkanes of at least 4 members (excludes halogenated alkanes) is 11. The predicted molar refractivity (Wildman–Crippen MR) is 129 cm³/mol. The summed E-state index contributed by atoms with van der Waals surface area (Å²) in [5, 5.41) is 0. The van der Waals surface area contributed by atoms with Gasteiger partial charge in [0.15, 0.2) is 0 Å². The van der Waals surface area contributed by atoms with E-state index >= 15 is 0 Å². The third-order valence-corrected chi connectivity index (χ3v) is 6.97. The normalized spacial score (nSPS) is 19.0. The molecule has 0 radical (unpaired) electrons. The van der Waals surface area contributed by atoms with E-state index in [9.17, 15) is 26.4 Å². The topological polar surface area (TPSA) is 78.9 Å². The number of ether oxygens (including phenoxy) is 2. The highest BCUT2D eigenvalue weighted by atomic mass is 32.2. The van der Waals surface area contributed by atoms with Gasteiger partial charge in [0.25, 0.3) is 0 Å². The number of rotatable bonds is 20. The summed E-state index contributed by atoms with van der Waals surface area (Å²) < 4.78 is 73.2.